The molecule has 1 aliphatic carbocycles. The van der Waals surface area contributed by atoms with Gasteiger partial charge in [-0.15, -0.1) is 0 Å². The van der Waals surface area contributed by atoms with Crippen LogP contribution in [-0.4, -0.2) is 45.8 Å². The van der Waals surface area contributed by atoms with Gasteiger partial charge in [-0.3, -0.25) is 14.4 Å². The van der Waals surface area contributed by atoms with Crippen LogP contribution in [0.4, 0.5) is 0 Å². The summed E-state index contributed by atoms with van der Waals surface area (Å²) >= 11 is 0. The van der Waals surface area contributed by atoms with Crippen LogP contribution < -0.4 is 5.32 Å². The van der Waals surface area contributed by atoms with E-state index < -0.39 is 0 Å². The third-order valence-corrected chi connectivity index (χ3v) is 5.93. The number of nitrogens with zero attached hydrogens (tertiary/aromatic N) is 3. The summed E-state index contributed by atoms with van der Waals surface area (Å²) in [5.41, 5.74) is 1.22. The smallest absolute Gasteiger partial charge is 0.223 e. The van der Waals surface area contributed by atoms with Gasteiger partial charge in [-0.2, -0.15) is 5.10 Å². The summed E-state index contributed by atoms with van der Waals surface area (Å²) in [6.45, 7) is 9.86. The number of carbonyl (C=O) groups is 1. The van der Waals surface area contributed by atoms with Crippen LogP contribution in [-0.2, 0) is 11.8 Å². The molecule has 0 aromatic carbocycles. The fourth-order valence-electron chi connectivity index (χ4n) is 3.98. The van der Waals surface area contributed by atoms with E-state index in [1.165, 1.54) is 31.4 Å². The van der Waals surface area contributed by atoms with Crippen molar-refractivity contribution in [1.82, 2.24) is 20.0 Å². The Bertz CT molecular complexity index is 580. The van der Waals surface area contributed by atoms with Gasteiger partial charge in [0.25, 0.3) is 0 Å². The van der Waals surface area contributed by atoms with Gasteiger partial charge in [0, 0.05) is 37.8 Å². The molecule has 0 radical (unpaired) electrons. The molecule has 2 fully saturated rings. The highest BCUT2D eigenvalue weighted by Crippen LogP contribution is 2.47. The van der Waals surface area contributed by atoms with Gasteiger partial charge in [-0.25, -0.2) is 0 Å². The zero-order valence-electron chi connectivity index (χ0n) is 15.6. The van der Waals surface area contributed by atoms with Crippen LogP contribution in [0.2, 0.25) is 0 Å². The lowest BCUT2D eigenvalue weighted by Crippen LogP contribution is -2.55. The molecule has 1 saturated heterocycles. The highest BCUT2D eigenvalue weighted by atomic mass is 16.2. The topological polar surface area (TPSA) is 50.2 Å². The molecular weight excluding hydrogens is 300 g/mol. The van der Waals surface area contributed by atoms with Crippen molar-refractivity contribution in [2.45, 2.75) is 57.9 Å². The van der Waals surface area contributed by atoms with Crippen LogP contribution in [0.1, 0.15) is 57.9 Å². The van der Waals surface area contributed by atoms with Gasteiger partial charge in [0.2, 0.25) is 5.91 Å². The molecule has 0 bridgehead atoms. The van der Waals surface area contributed by atoms with Crippen molar-refractivity contribution < 1.29 is 4.79 Å². The number of aryl methyl sites for hydroxylation is 1. The van der Waals surface area contributed by atoms with E-state index >= 15 is 0 Å². The van der Waals surface area contributed by atoms with Crippen LogP contribution in [0, 0.1) is 11.8 Å². The third-order valence-electron chi connectivity index (χ3n) is 5.93. The summed E-state index contributed by atoms with van der Waals surface area (Å²) in [6, 6.07) is 0. The predicted molar refractivity (Wildman–Crippen MR) is 95.7 cm³/mol. The van der Waals surface area contributed by atoms with Gasteiger partial charge in [0.15, 0.2) is 0 Å². The van der Waals surface area contributed by atoms with Crippen molar-refractivity contribution in [3.8, 4) is 0 Å². The summed E-state index contributed by atoms with van der Waals surface area (Å²) in [4.78, 5) is 15.1. The monoisotopic (exact) mass is 332 g/mol. The molecule has 5 heteroatoms. The van der Waals surface area contributed by atoms with E-state index in [0.717, 1.165) is 25.4 Å². The predicted octanol–water partition coefficient (Wildman–Crippen LogP) is 2.54. The number of amides is 1. The van der Waals surface area contributed by atoms with Crippen molar-refractivity contribution in [1.29, 1.82) is 0 Å². The molecule has 1 saturated carbocycles. The summed E-state index contributed by atoms with van der Waals surface area (Å²) in [5, 5.41) is 7.43. The number of hydrogen-bond acceptors (Lipinski definition) is 3. The van der Waals surface area contributed by atoms with E-state index in [1.54, 1.807) is 0 Å². The van der Waals surface area contributed by atoms with Crippen LogP contribution in [0.3, 0.4) is 0 Å². The largest absolute Gasteiger partial charge is 0.354 e. The molecular formula is C19H32N4O. The first-order valence-electron chi connectivity index (χ1n) is 9.42. The maximum atomic E-state index is 12.5. The lowest BCUT2D eigenvalue weighted by molar-refractivity contribution is -0.123. The minimum atomic E-state index is 0.0299. The zero-order valence-corrected chi connectivity index (χ0v) is 15.6. The number of aromatic nitrogens is 2. The molecule has 3 atom stereocenters. The van der Waals surface area contributed by atoms with Crippen LogP contribution in [0.15, 0.2) is 12.4 Å². The molecule has 1 aromatic rings. The Kier molecular flexibility index (Phi) is 5.00. The zero-order chi connectivity index (χ0) is 17.3. The van der Waals surface area contributed by atoms with E-state index in [9.17, 15) is 4.79 Å². The summed E-state index contributed by atoms with van der Waals surface area (Å²) < 4.78 is 1.81. The second-order valence-corrected chi connectivity index (χ2v) is 8.29. The van der Waals surface area contributed by atoms with Crippen molar-refractivity contribution in [2.75, 3.05) is 19.6 Å². The Morgan fingerprint density at radius 3 is 2.92 bits per heavy atom. The Morgan fingerprint density at radius 2 is 2.25 bits per heavy atom. The molecule has 3 rings (SSSR count). The second-order valence-electron chi connectivity index (χ2n) is 8.29. The standard InChI is InChI=1S/C19H32N4O/c1-5-14-7-6-8-23(11-14)19(2,3)13-20-18(24)17-9-16(17)15-10-21-22(4)12-15/h10,12,14,16-17H,5-9,11,13H2,1-4H3,(H,20,24)/t14-,16-,17+/m1/s1. The van der Waals surface area contributed by atoms with Gasteiger partial charge < -0.3 is 5.32 Å². The molecule has 1 amide bonds. The lowest BCUT2D eigenvalue weighted by Gasteiger charge is -2.43. The molecule has 1 aromatic heterocycles. The SMILES string of the molecule is CC[C@@H]1CCCN(C(C)(C)CNC(=O)[C@H]2C[C@@H]2c2cnn(C)c2)C1. The molecule has 1 N–H and O–H groups in total. The summed E-state index contributed by atoms with van der Waals surface area (Å²) in [5.74, 6) is 1.52. The van der Waals surface area contributed by atoms with Gasteiger partial charge in [0.1, 0.15) is 0 Å². The third kappa shape index (κ3) is 3.82. The normalized spacial score (nSPS) is 27.9. The molecule has 5 nitrogen and oxygen atoms in total. The lowest BCUT2D eigenvalue weighted by atomic mass is 9.91. The van der Waals surface area contributed by atoms with E-state index in [0.29, 0.717) is 5.92 Å². The minimum absolute atomic E-state index is 0.0299. The number of carbonyl (C=O) groups excluding carboxylic acids is 1. The Hall–Kier alpha value is -1.36. The molecule has 2 aliphatic rings. The van der Waals surface area contributed by atoms with Gasteiger partial charge >= 0.3 is 0 Å². The Labute approximate surface area is 145 Å². The van der Waals surface area contributed by atoms with E-state index in [4.69, 9.17) is 0 Å². The quantitative estimate of drug-likeness (QED) is 0.871. The van der Waals surface area contributed by atoms with Crippen LogP contribution >= 0.6 is 0 Å². The van der Waals surface area contributed by atoms with E-state index in [1.807, 2.05) is 24.1 Å². The van der Waals surface area contributed by atoms with Crippen molar-refractivity contribution in [3.63, 3.8) is 0 Å². The van der Waals surface area contributed by atoms with Crippen molar-refractivity contribution in [2.24, 2.45) is 18.9 Å². The number of hydrogen-bond donors (Lipinski definition) is 1. The van der Waals surface area contributed by atoms with E-state index in [-0.39, 0.29) is 17.4 Å². The second kappa shape index (κ2) is 6.87. The van der Waals surface area contributed by atoms with E-state index in [2.05, 4.69) is 36.1 Å². The first-order valence-corrected chi connectivity index (χ1v) is 9.42. The Balaban J connectivity index is 1.49. The molecule has 0 spiro atoms. The minimum Gasteiger partial charge on any atom is -0.354 e. The first kappa shape index (κ1) is 17.5. The van der Waals surface area contributed by atoms with Gasteiger partial charge in [-0.1, -0.05) is 13.3 Å². The molecule has 1 aliphatic heterocycles. The summed E-state index contributed by atoms with van der Waals surface area (Å²) in [6.07, 6.45) is 8.76. The van der Waals surface area contributed by atoms with Crippen molar-refractivity contribution >= 4 is 5.91 Å². The molecule has 24 heavy (non-hydrogen) atoms. The average molecular weight is 332 g/mol. The number of rotatable bonds is 6. The maximum absolute atomic E-state index is 12.5. The van der Waals surface area contributed by atoms with Gasteiger partial charge in [0.05, 0.1) is 6.20 Å². The average Bonchev–Trinajstić information content (AvgIpc) is 3.27. The number of nitrogens with one attached hydrogen (secondary N) is 1. The summed E-state index contributed by atoms with van der Waals surface area (Å²) in [7, 11) is 1.92. The Morgan fingerprint density at radius 1 is 1.46 bits per heavy atom. The van der Waals surface area contributed by atoms with Crippen molar-refractivity contribution in [3.05, 3.63) is 18.0 Å². The molecule has 134 valence electrons. The number of likely N-dealkylation sites (tertiary alicyclic amines) is 1. The highest BCUT2D eigenvalue weighted by Gasteiger charge is 2.45. The fourth-order valence-corrected chi connectivity index (χ4v) is 3.98. The fraction of sp³-hybridized carbons (Fsp3) is 0.789. The van der Waals surface area contributed by atoms with Crippen LogP contribution in [0.5, 0.6) is 0 Å². The van der Waals surface area contributed by atoms with Gasteiger partial charge in [-0.05, 0) is 57.1 Å². The maximum Gasteiger partial charge on any atom is 0.223 e. The molecule has 2 heterocycles. The molecule has 0 unspecified atom stereocenters. The number of piperidine rings is 1. The highest BCUT2D eigenvalue weighted by molar-refractivity contribution is 5.82. The first-order chi connectivity index (χ1) is 11.4. The van der Waals surface area contributed by atoms with Crippen LogP contribution in [0.25, 0.3) is 0 Å².